The van der Waals surface area contributed by atoms with Crippen LogP contribution in [0.5, 0.6) is 0 Å². The molecule has 32 heavy (non-hydrogen) atoms. The third kappa shape index (κ3) is 4.89. The largest absolute Gasteiger partial charge is 0.379 e. The fourth-order valence-electron chi connectivity index (χ4n) is 4.25. The maximum absolute atomic E-state index is 13.5. The third-order valence-electron chi connectivity index (χ3n) is 5.75. The number of aryl methyl sites for hydroxylation is 2. The Bertz CT molecular complexity index is 1020. The van der Waals surface area contributed by atoms with Crippen molar-refractivity contribution in [1.82, 2.24) is 9.80 Å². The highest BCUT2D eigenvalue weighted by Crippen LogP contribution is 2.31. The molecule has 0 bridgehead atoms. The molecule has 2 aromatic carbocycles. The molecule has 0 atom stereocenters. The summed E-state index contributed by atoms with van der Waals surface area (Å²) >= 11 is 0. The van der Waals surface area contributed by atoms with E-state index in [2.05, 4.69) is 10.2 Å². The number of ether oxygens (including phenoxy) is 1. The Kier molecular flexibility index (Phi) is 6.67. The van der Waals surface area contributed by atoms with E-state index in [0.29, 0.717) is 31.7 Å². The summed E-state index contributed by atoms with van der Waals surface area (Å²) in [6.45, 7) is 8.23. The van der Waals surface area contributed by atoms with Gasteiger partial charge in [-0.05, 0) is 61.2 Å². The number of hydrogen-bond acceptors (Lipinski definition) is 5. The van der Waals surface area contributed by atoms with Gasteiger partial charge in [0.05, 0.1) is 18.8 Å². The van der Waals surface area contributed by atoms with Crippen LogP contribution in [0.25, 0.3) is 5.57 Å². The fraction of sp³-hybridized carbons (Fsp3) is 0.360. The van der Waals surface area contributed by atoms with Gasteiger partial charge in [-0.3, -0.25) is 19.4 Å². The second-order valence-corrected chi connectivity index (χ2v) is 8.33. The molecule has 1 fully saturated rings. The Morgan fingerprint density at radius 1 is 0.938 bits per heavy atom. The van der Waals surface area contributed by atoms with Crippen molar-refractivity contribution in [3.8, 4) is 0 Å². The van der Waals surface area contributed by atoms with E-state index < -0.39 is 5.82 Å². The molecule has 0 unspecified atom stereocenters. The lowest BCUT2D eigenvalue weighted by atomic mass is 10.0. The van der Waals surface area contributed by atoms with Gasteiger partial charge in [0.15, 0.2) is 0 Å². The van der Waals surface area contributed by atoms with E-state index in [1.165, 1.54) is 29.2 Å². The monoisotopic (exact) mass is 437 g/mol. The average molecular weight is 438 g/mol. The maximum Gasteiger partial charge on any atom is 0.278 e. The molecule has 168 valence electrons. The first-order valence-corrected chi connectivity index (χ1v) is 10.9. The molecule has 0 aromatic heterocycles. The quantitative estimate of drug-likeness (QED) is 0.673. The van der Waals surface area contributed by atoms with Crippen LogP contribution in [0.4, 0.5) is 10.1 Å². The second kappa shape index (κ2) is 9.63. The smallest absolute Gasteiger partial charge is 0.278 e. The summed E-state index contributed by atoms with van der Waals surface area (Å²) in [6.07, 6.45) is 0.686. The Hall–Kier alpha value is -3.03. The van der Waals surface area contributed by atoms with Crippen molar-refractivity contribution in [2.24, 2.45) is 0 Å². The van der Waals surface area contributed by atoms with Crippen LogP contribution in [-0.2, 0) is 14.3 Å². The van der Waals surface area contributed by atoms with Gasteiger partial charge >= 0.3 is 0 Å². The molecule has 0 aliphatic carbocycles. The van der Waals surface area contributed by atoms with Gasteiger partial charge in [-0.2, -0.15) is 0 Å². The molecule has 0 radical (unpaired) electrons. The van der Waals surface area contributed by atoms with Gasteiger partial charge in [0.1, 0.15) is 11.5 Å². The van der Waals surface area contributed by atoms with Crippen LogP contribution in [0, 0.1) is 19.7 Å². The summed E-state index contributed by atoms with van der Waals surface area (Å²) in [7, 11) is 0. The van der Waals surface area contributed by atoms with E-state index in [9.17, 15) is 14.0 Å². The number of benzene rings is 2. The van der Waals surface area contributed by atoms with E-state index in [0.717, 1.165) is 36.4 Å². The molecule has 2 aromatic rings. The molecule has 2 aliphatic rings. The fourth-order valence-corrected chi connectivity index (χ4v) is 4.25. The first-order chi connectivity index (χ1) is 15.4. The Morgan fingerprint density at radius 2 is 1.59 bits per heavy atom. The van der Waals surface area contributed by atoms with E-state index in [1.807, 2.05) is 32.0 Å². The third-order valence-corrected chi connectivity index (χ3v) is 5.75. The van der Waals surface area contributed by atoms with Crippen LogP contribution < -0.4 is 5.32 Å². The van der Waals surface area contributed by atoms with Gasteiger partial charge < -0.3 is 10.1 Å². The number of morpholine rings is 1. The Morgan fingerprint density at radius 3 is 2.25 bits per heavy atom. The zero-order valence-corrected chi connectivity index (χ0v) is 18.5. The van der Waals surface area contributed by atoms with Crippen molar-refractivity contribution in [1.29, 1.82) is 0 Å². The van der Waals surface area contributed by atoms with Gasteiger partial charge in [-0.15, -0.1) is 0 Å². The molecule has 0 saturated carbocycles. The SMILES string of the molecule is Cc1cc(C)cc(NC2=C(c3ccc(F)cc3)C(=O)N(CCCN3CCOCC3)C2=O)c1. The van der Waals surface area contributed by atoms with Crippen LogP contribution in [0.2, 0.25) is 0 Å². The minimum absolute atomic E-state index is 0.234. The Labute approximate surface area is 187 Å². The number of hydrogen-bond donors (Lipinski definition) is 1. The van der Waals surface area contributed by atoms with Gasteiger partial charge in [0, 0.05) is 31.9 Å². The number of nitrogens with zero attached hydrogens (tertiary/aromatic N) is 2. The summed E-state index contributed by atoms with van der Waals surface area (Å²) < 4.78 is 18.9. The van der Waals surface area contributed by atoms with Gasteiger partial charge in [-0.25, -0.2) is 4.39 Å². The number of amides is 2. The molecule has 1 N–H and O–H groups in total. The van der Waals surface area contributed by atoms with Crippen LogP contribution in [0.15, 0.2) is 48.2 Å². The van der Waals surface area contributed by atoms with Crippen molar-refractivity contribution in [2.45, 2.75) is 20.3 Å². The van der Waals surface area contributed by atoms with Crippen molar-refractivity contribution >= 4 is 23.1 Å². The lowest BCUT2D eigenvalue weighted by Gasteiger charge is -2.27. The molecular weight excluding hydrogens is 409 g/mol. The lowest BCUT2D eigenvalue weighted by molar-refractivity contribution is -0.136. The highest BCUT2D eigenvalue weighted by Gasteiger charge is 2.39. The first-order valence-electron chi connectivity index (χ1n) is 10.9. The lowest BCUT2D eigenvalue weighted by Crippen LogP contribution is -2.39. The summed E-state index contributed by atoms with van der Waals surface area (Å²) in [5, 5.41) is 3.18. The number of imide groups is 1. The predicted octanol–water partition coefficient (Wildman–Crippen LogP) is 3.36. The zero-order chi connectivity index (χ0) is 22.7. The van der Waals surface area contributed by atoms with Gasteiger partial charge in [-0.1, -0.05) is 18.2 Å². The zero-order valence-electron chi connectivity index (χ0n) is 18.5. The molecule has 2 aliphatic heterocycles. The number of carbonyl (C=O) groups excluding carboxylic acids is 2. The maximum atomic E-state index is 13.5. The summed E-state index contributed by atoms with van der Waals surface area (Å²) in [6, 6.07) is 11.6. The summed E-state index contributed by atoms with van der Waals surface area (Å²) in [5.41, 5.74) is 3.88. The first kappa shape index (κ1) is 22.2. The number of rotatable bonds is 7. The molecule has 0 spiro atoms. The number of nitrogens with one attached hydrogen (secondary N) is 1. The van der Waals surface area contributed by atoms with E-state index >= 15 is 0 Å². The van der Waals surface area contributed by atoms with Crippen molar-refractivity contribution < 1.29 is 18.7 Å². The van der Waals surface area contributed by atoms with Crippen LogP contribution >= 0.6 is 0 Å². The normalized spacial score (nSPS) is 17.4. The van der Waals surface area contributed by atoms with E-state index in [4.69, 9.17) is 4.74 Å². The number of anilines is 1. The average Bonchev–Trinajstić information content (AvgIpc) is 2.99. The number of carbonyl (C=O) groups is 2. The standard InChI is InChI=1S/C25H28FN3O3/c1-17-14-18(2)16-21(15-17)27-23-22(19-4-6-20(26)7-5-19)24(30)29(25(23)31)9-3-8-28-10-12-32-13-11-28/h4-7,14-16,27H,3,8-13H2,1-2H3. The molecule has 2 heterocycles. The molecule has 7 heteroatoms. The highest BCUT2D eigenvalue weighted by molar-refractivity contribution is 6.36. The van der Waals surface area contributed by atoms with E-state index in [1.54, 1.807) is 0 Å². The predicted molar refractivity (Wildman–Crippen MR) is 121 cm³/mol. The van der Waals surface area contributed by atoms with Gasteiger partial charge in [0.25, 0.3) is 11.8 Å². The number of halogens is 1. The van der Waals surface area contributed by atoms with E-state index in [-0.39, 0.29) is 23.1 Å². The molecular formula is C25H28FN3O3. The summed E-state index contributed by atoms with van der Waals surface area (Å²) in [4.78, 5) is 30.2. The summed E-state index contributed by atoms with van der Waals surface area (Å²) in [5.74, 6) is -1.09. The molecule has 2 amide bonds. The minimum Gasteiger partial charge on any atom is -0.379 e. The van der Waals surface area contributed by atoms with Crippen molar-refractivity contribution in [3.63, 3.8) is 0 Å². The van der Waals surface area contributed by atoms with Crippen LogP contribution in [-0.4, -0.2) is 61.0 Å². The Balaban J connectivity index is 1.58. The highest BCUT2D eigenvalue weighted by atomic mass is 19.1. The van der Waals surface area contributed by atoms with Crippen molar-refractivity contribution in [2.75, 3.05) is 44.7 Å². The van der Waals surface area contributed by atoms with Crippen LogP contribution in [0.3, 0.4) is 0 Å². The second-order valence-electron chi connectivity index (χ2n) is 8.33. The molecule has 4 rings (SSSR count). The topological polar surface area (TPSA) is 61.9 Å². The van der Waals surface area contributed by atoms with Crippen molar-refractivity contribution in [3.05, 3.63) is 70.7 Å². The molecule has 6 nitrogen and oxygen atoms in total. The van der Waals surface area contributed by atoms with Gasteiger partial charge in [0.2, 0.25) is 0 Å². The minimum atomic E-state index is -0.391. The van der Waals surface area contributed by atoms with Crippen LogP contribution in [0.1, 0.15) is 23.1 Å². The molecule has 1 saturated heterocycles.